The minimum absolute atomic E-state index is 0.00807. The molecule has 10 heteroatoms. The monoisotopic (exact) mass is 437 g/mol. The molecule has 8 nitrogen and oxygen atoms in total. The first-order valence-electron chi connectivity index (χ1n) is 9.76. The SMILES string of the molecule is CCCCS(=O)Nc1ccc(C)n(CC(=O)NC2CCc3nc(N)sc3C2)c1=O. The van der Waals surface area contributed by atoms with Crippen LogP contribution < -0.4 is 21.3 Å². The Hall–Kier alpha value is -2.20. The lowest BCUT2D eigenvalue weighted by atomic mass is 9.98. The lowest BCUT2D eigenvalue weighted by Gasteiger charge is -2.23. The Morgan fingerprint density at radius 3 is 3.00 bits per heavy atom. The molecule has 0 saturated heterocycles. The highest BCUT2D eigenvalue weighted by Crippen LogP contribution is 2.28. The molecule has 0 aliphatic heterocycles. The van der Waals surface area contributed by atoms with Crippen LogP contribution in [0.3, 0.4) is 0 Å². The molecule has 0 bridgehead atoms. The van der Waals surface area contributed by atoms with Gasteiger partial charge in [-0.05, 0) is 38.3 Å². The number of carbonyl (C=O) groups excluding carboxylic acids is 1. The molecule has 4 N–H and O–H groups in total. The quantitative estimate of drug-likeness (QED) is 0.581. The normalized spacial score (nSPS) is 16.8. The van der Waals surface area contributed by atoms with Gasteiger partial charge in [-0.2, -0.15) is 0 Å². The maximum Gasteiger partial charge on any atom is 0.275 e. The van der Waals surface area contributed by atoms with Gasteiger partial charge in [0.15, 0.2) is 5.13 Å². The minimum Gasteiger partial charge on any atom is -0.375 e. The molecule has 3 rings (SSSR count). The maximum atomic E-state index is 12.8. The third kappa shape index (κ3) is 5.45. The molecule has 2 atom stereocenters. The molecule has 0 fully saturated rings. The summed E-state index contributed by atoms with van der Waals surface area (Å²) in [5, 5.41) is 3.58. The number of nitrogen functional groups attached to an aromatic ring is 1. The van der Waals surface area contributed by atoms with Gasteiger partial charge < -0.3 is 20.3 Å². The van der Waals surface area contributed by atoms with E-state index in [0.29, 0.717) is 23.0 Å². The van der Waals surface area contributed by atoms with Gasteiger partial charge in [-0.3, -0.25) is 9.59 Å². The third-order valence-electron chi connectivity index (χ3n) is 4.92. The van der Waals surface area contributed by atoms with E-state index in [-0.39, 0.29) is 29.7 Å². The average Bonchev–Trinajstić information content (AvgIpc) is 3.05. The fraction of sp³-hybridized carbons (Fsp3) is 0.526. The number of amides is 1. The first-order chi connectivity index (χ1) is 13.9. The van der Waals surface area contributed by atoms with Crippen molar-refractivity contribution in [3.8, 4) is 0 Å². The first kappa shape index (κ1) is 21.5. The van der Waals surface area contributed by atoms with Gasteiger partial charge in [0.2, 0.25) is 5.91 Å². The fourth-order valence-electron chi connectivity index (χ4n) is 3.33. The summed E-state index contributed by atoms with van der Waals surface area (Å²) >= 11 is 1.47. The number of pyridine rings is 1. The molecule has 0 saturated carbocycles. The smallest absolute Gasteiger partial charge is 0.275 e. The van der Waals surface area contributed by atoms with E-state index in [2.05, 4.69) is 15.0 Å². The Morgan fingerprint density at radius 2 is 2.24 bits per heavy atom. The van der Waals surface area contributed by atoms with E-state index in [4.69, 9.17) is 5.73 Å². The van der Waals surface area contributed by atoms with Gasteiger partial charge in [-0.1, -0.05) is 13.3 Å². The van der Waals surface area contributed by atoms with Gasteiger partial charge in [0.05, 0.1) is 5.69 Å². The van der Waals surface area contributed by atoms with Crippen LogP contribution in [-0.4, -0.2) is 31.5 Å². The third-order valence-corrected chi connectivity index (χ3v) is 6.98. The molecule has 0 radical (unpaired) electrons. The lowest BCUT2D eigenvalue weighted by Crippen LogP contribution is -2.42. The van der Waals surface area contributed by atoms with Gasteiger partial charge in [0.1, 0.15) is 23.2 Å². The molecule has 0 aromatic carbocycles. The number of hydrogen-bond acceptors (Lipinski definition) is 6. The fourth-order valence-corrected chi connectivity index (χ4v) is 5.34. The molecule has 1 amide bonds. The summed E-state index contributed by atoms with van der Waals surface area (Å²) in [5.74, 6) is 0.265. The van der Waals surface area contributed by atoms with E-state index in [1.54, 1.807) is 19.1 Å². The number of carbonyl (C=O) groups is 1. The van der Waals surface area contributed by atoms with Crippen LogP contribution >= 0.6 is 11.3 Å². The summed E-state index contributed by atoms with van der Waals surface area (Å²) in [6, 6.07) is 3.38. The molecule has 2 aromatic rings. The van der Waals surface area contributed by atoms with Crippen LogP contribution in [0.25, 0.3) is 0 Å². The van der Waals surface area contributed by atoms with Gasteiger partial charge in [0.25, 0.3) is 5.56 Å². The number of fused-ring (bicyclic) bond motifs is 1. The van der Waals surface area contributed by atoms with E-state index in [1.165, 1.54) is 15.9 Å². The van der Waals surface area contributed by atoms with Crippen molar-refractivity contribution in [2.24, 2.45) is 0 Å². The van der Waals surface area contributed by atoms with Crippen molar-refractivity contribution < 1.29 is 9.00 Å². The number of rotatable bonds is 8. The van der Waals surface area contributed by atoms with E-state index < -0.39 is 11.0 Å². The zero-order valence-corrected chi connectivity index (χ0v) is 18.3. The zero-order chi connectivity index (χ0) is 21.0. The Balaban J connectivity index is 1.65. The number of anilines is 2. The minimum atomic E-state index is -1.31. The van der Waals surface area contributed by atoms with E-state index in [1.807, 2.05) is 6.92 Å². The maximum absolute atomic E-state index is 12.8. The highest BCUT2D eigenvalue weighted by atomic mass is 32.2. The molecule has 2 heterocycles. The molecule has 2 unspecified atom stereocenters. The van der Waals surface area contributed by atoms with Gasteiger partial charge in [-0.15, -0.1) is 11.3 Å². The lowest BCUT2D eigenvalue weighted by molar-refractivity contribution is -0.122. The van der Waals surface area contributed by atoms with Crippen LogP contribution in [0.15, 0.2) is 16.9 Å². The van der Waals surface area contributed by atoms with Crippen molar-refractivity contribution in [1.29, 1.82) is 0 Å². The molecule has 1 aliphatic carbocycles. The molecule has 1 aliphatic rings. The highest BCUT2D eigenvalue weighted by Gasteiger charge is 2.23. The highest BCUT2D eigenvalue weighted by molar-refractivity contribution is 7.86. The molecule has 29 heavy (non-hydrogen) atoms. The number of aromatic nitrogens is 2. The number of hydrogen-bond donors (Lipinski definition) is 3. The van der Waals surface area contributed by atoms with E-state index in [9.17, 15) is 13.8 Å². The Kier molecular flexibility index (Phi) is 7.07. The predicted molar refractivity (Wildman–Crippen MR) is 117 cm³/mol. The van der Waals surface area contributed by atoms with Crippen LogP contribution in [0.4, 0.5) is 10.8 Å². The second-order valence-corrected chi connectivity index (χ2v) is 9.63. The van der Waals surface area contributed by atoms with Crippen LogP contribution in [0, 0.1) is 6.92 Å². The van der Waals surface area contributed by atoms with Crippen LogP contribution in [0.2, 0.25) is 0 Å². The molecule has 2 aromatic heterocycles. The molecular weight excluding hydrogens is 410 g/mol. The average molecular weight is 438 g/mol. The number of nitrogens with two attached hydrogens (primary N) is 1. The number of aryl methyl sites for hydroxylation is 2. The Morgan fingerprint density at radius 1 is 1.45 bits per heavy atom. The molecule has 0 spiro atoms. The summed E-state index contributed by atoms with van der Waals surface area (Å²) in [6.07, 6.45) is 4.05. The van der Waals surface area contributed by atoms with E-state index >= 15 is 0 Å². The van der Waals surface area contributed by atoms with Crippen molar-refractivity contribution >= 4 is 39.0 Å². The Labute approximate surface area is 176 Å². The summed E-state index contributed by atoms with van der Waals surface area (Å²) in [7, 11) is -1.31. The van der Waals surface area contributed by atoms with E-state index in [0.717, 1.165) is 36.3 Å². The second-order valence-electron chi connectivity index (χ2n) is 7.21. The number of nitrogens with one attached hydrogen (secondary N) is 2. The van der Waals surface area contributed by atoms with Crippen LogP contribution in [-0.2, 0) is 35.2 Å². The standard InChI is InChI=1S/C19H27N5O3S2/c1-3-4-9-29(27)23-15-7-5-12(2)24(18(15)26)11-17(25)21-13-6-8-14-16(10-13)28-19(20)22-14/h5,7,13,23H,3-4,6,8-11H2,1-2H3,(H2,20,22)(H,21,25). The molecule has 158 valence electrons. The van der Waals surface area contributed by atoms with Crippen molar-refractivity contribution in [3.05, 3.63) is 38.8 Å². The van der Waals surface area contributed by atoms with Crippen molar-refractivity contribution in [2.75, 3.05) is 16.2 Å². The summed E-state index contributed by atoms with van der Waals surface area (Å²) < 4.78 is 16.2. The topological polar surface area (TPSA) is 119 Å². The van der Waals surface area contributed by atoms with Gasteiger partial charge in [0, 0.05) is 28.8 Å². The van der Waals surface area contributed by atoms with Crippen molar-refractivity contribution in [2.45, 2.75) is 58.5 Å². The summed E-state index contributed by atoms with van der Waals surface area (Å²) in [5.41, 5.74) is 7.38. The first-order valence-corrected chi connectivity index (χ1v) is 11.9. The second kappa shape index (κ2) is 9.53. The predicted octanol–water partition coefficient (Wildman–Crippen LogP) is 1.74. The van der Waals surface area contributed by atoms with Crippen LogP contribution in [0.5, 0.6) is 0 Å². The number of unbranched alkanes of at least 4 members (excludes halogenated alkanes) is 1. The van der Waals surface area contributed by atoms with Gasteiger partial charge in [-0.25, -0.2) is 9.19 Å². The van der Waals surface area contributed by atoms with Crippen LogP contribution in [0.1, 0.15) is 42.5 Å². The number of nitrogens with zero attached hydrogens (tertiary/aromatic N) is 2. The summed E-state index contributed by atoms with van der Waals surface area (Å²) in [4.78, 5) is 30.8. The summed E-state index contributed by atoms with van der Waals surface area (Å²) in [6.45, 7) is 3.72. The van der Waals surface area contributed by atoms with Crippen molar-refractivity contribution in [3.63, 3.8) is 0 Å². The van der Waals surface area contributed by atoms with Crippen molar-refractivity contribution in [1.82, 2.24) is 14.9 Å². The largest absolute Gasteiger partial charge is 0.375 e. The van der Waals surface area contributed by atoms with Gasteiger partial charge >= 0.3 is 0 Å². The zero-order valence-electron chi connectivity index (χ0n) is 16.7. The Bertz CT molecular complexity index is 969. The number of thiazole rings is 1. The molecular formula is C19H27N5O3S2.